The van der Waals surface area contributed by atoms with Gasteiger partial charge in [0.05, 0.1) is 22.7 Å². The summed E-state index contributed by atoms with van der Waals surface area (Å²) in [6.45, 7) is 9.53. The number of para-hydroxylation sites is 2. The van der Waals surface area contributed by atoms with E-state index in [1.54, 1.807) is 0 Å². The molecule has 2 aliphatic rings. The summed E-state index contributed by atoms with van der Waals surface area (Å²) in [5.41, 5.74) is 26.5. The lowest BCUT2D eigenvalue weighted by molar-refractivity contribution is 0.660. The number of nitrogens with zero attached hydrogens (tertiary/aromatic N) is 2. The van der Waals surface area contributed by atoms with E-state index in [1.807, 2.05) is 0 Å². The fraction of sp³-hybridized carbons (Fsp3) is 0.0714. The molecule has 0 aromatic heterocycles. The van der Waals surface area contributed by atoms with Crippen LogP contribution < -0.4 is 9.80 Å². The first-order valence-electron chi connectivity index (χ1n) is 30.1. The minimum atomic E-state index is -0.221. The first-order valence-corrected chi connectivity index (χ1v) is 30.1. The van der Waals surface area contributed by atoms with Crippen LogP contribution in [0.1, 0.15) is 72.2 Å². The lowest BCUT2D eigenvalue weighted by Crippen LogP contribution is -2.17. The SMILES string of the molecule is CC1(C)c2cc(/C=C/c3ccc(/C=C/c4ccc5c(c4)C(C)(C)c4cc(N(c6ccccc6-c6ccccc6)c6cccc7ccccc67)ccc4-5)cc3)ccc2-c2ccc(N(c3ccccc3-c3ccccc3)c3cccc4ccccc34)cc21. The van der Waals surface area contributed by atoms with Gasteiger partial charge in [0.2, 0.25) is 0 Å². The third kappa shape index (κ3) is 9.14. The molecule has 2 nitrogen and oxygen atoms in total. The van der Waals surface area contributed by atoms with Gasteiger partial charge in [-0.3, -0.25) is 0 Å². The van der Waals surface area contributed by atoms with E-state index in [9.17, 15) is 0 Å². The van der Waals surface area contributed by atoms with E-state index in [2.05, 4.69) is 353 Å². The molecule has 0 bridgehead atoms. The van der Waals surface area contributed by atoms with Crippen molar-refractivity contribution < 1.29 is 0 Å². The van der Waals surface area contributed by atoms with Gasteiger partial charge in [-0.25, -0.2) is 0 Å². The number of anilines is 6. The Morgan fingerprint density at radius 2 is 0.558 bits per heavy atom. The summed E-state index contributed by atoms with van der Waals surface area (Å²) in [7, 11) is 0. The van der Waals surface area contributed by atoms with E-state index < -0.39 is 0 Å². The quantitative estimate of drug-likeness (QED) is 0.113. The van der Waals surface area contributed by atoms with Gasteiger partial charge >= 0.3 is 0 Å². The maximum Gasteiger partial charge on any atom is 0.0540 e. The van der Waals surface area contributed by atoms with E-state index in [0.29, 0.717) is 0 Å². The van der Waals surface area contributed by atoms with Crippen LogP contribution in [0.25, 0.3) is 90.4 Å². The number of rotatable bonds is 12. The second kappa shape index (κ2) is 21.3. The molecule has 0 N–H and O–H groups in total. The Bertz CT molecular complexity index is 4490. The molecule has 0 saturated heterocycles. The van der Waals surface area contributed by atoms with Crippen LogP contribution in [-0.4, -0.2) is 0 Å². The molecule has 86 heavy (non-hydrogen) atoms. The van der Waals surface area contributed by atoms with Crippen LogP contribution in [0, 0.1) is 0 Å². The van der Waals surface area contributed by atoms with Crippen molar-refractivity contribution in [3.8, 4) is 44.5 Å². The molecule has 13 aromatic carbocycles. The maximum absolute atomic E-state index is 2.47. The van der Waals surface area contributed by atoms with Crippen molar-refractivity contribution in [2.24, 2.45) is 0 Å². The molecular weight excluding hydrogens is 1040 g/mol. The Hall–Kier alpha value is -10.5. The van der Waals surface area contributed by atoms with Crippen molar-refractivity contribution >= 4 is 80.0 Å². The molecule has 0 radical (unpaired) electrons. The van der Waals surface area contributed by atoms with Gasteiger partial charge in [0.1, 0.15) is 0 Å². The summed E-state index contributed by atoms with van der Waals surface area (Å²) < 4.78 is 0. The summed E-state index contributed by atoms with van der Waals surface area (Å²) in [4.78, 5) is 4.94. The first kappa shape index (κ1) is 52.3. The van der Waals surface area contributed by atoms with E-state index in [0.717, 1.165) is 45.3 Å². The zero-order chi connectivity index (χ0) is 57.9. The normalized spacial score (nSPS) is 13.4. The maximum atomic E-state index is 2.47. The van der Waals surface area contributed by atoms with Crippen molar-refractivity contribution in [1.82, 2.24) is 0 Å². The van der Waals surface area contributed by atoms with Crippen LogP contribution in [0.4, 0.5) is 34.1 Å². The minimum absolute atomic E-state index is 0.221. The minimum Gasteiger partial charge on any atom is -0.309 e. The summed E-state index contributed by atoms with van der Waals surface area (Å²) in [6.07, 6.45) is 9.00. The third-order valence-electron chi connectivity index (χ3n) is 18.2. The lowest BCUT2D eigenvalue weighted by atomic mass is 9.81. The van der Waals surface area contributed by atoms with E-state index in [1.165, 1.54) is 99.4 Å². The van der Waals surface area contributed by atoms with Crippen LogP contribution in [0.3, 0.4) is 0 Å². The van der Waals surface area contributed by atoms with Gasteiger partial charge in [-0.05, 0) is 137 Å². The molecule has 13 aromatic rings. The zero-order valence-electron chi connectivity index (χ0n) is 48.9. The number of hydrogen-bond acceptors (Lipinski definition) is 2. The number of hydrogen-bond donors (Lipinski definition) is 0. The van der Waals surface area contributed by atoms with Gasteiger partial charge < -0.3 is 9.80 Å². The monoisotopic (exact) mass is 1100 g/mol. The molecular formula is C84H64N2. The average Bonchev–Trinajstić information content (AvgIpc) is 1.62. The van der Waals surface area contributed by atoms with Crippen LogP contribution >= 0.6 is 0 Å². The summed E-state index contributed by atoms with van der Waals surface area (Å²) in [6, 6.07) is 107. The zero-order valence-corrected chi connectivity index (χ0v) is 48.9. The highest BCUT2D eigenvalue weighted by atomic mass is 15.2. The Morgan fingerprint density at radius 3 is 0.988 bits per heavy atom. The Balaban J connectivity index is 0.679. The number of benzene rings is 13. The molecule has 0 aliphatic heterocycles. The Kier molecular flexibility index (Phi) is 12.9. The molecule has 2 heteroatoms. The molecule has 0 fully saturated rings. The van der Waals surface area contributed by atoms with Crippen molar-refractivity contribution in [3.63, 3.8) is 0 Å². The third-order valence-corrected chi connectivity index (χ3v) is 18.2. The molecule has 0 saturated carbocycles. The first-order chi connectivity index (χ1) is 42.2. The molecule has 0 atom stereocenters. The van der Waals surface area contributed by atoms with Crippen LogP contribution in [0.2, 0.25) is 0 Å². The smallest absolute Gasteiger partial charge is 0.0540 e. The molecule has 15 rings (SSSR count). The van der Waals surface area contributed by atoms with Crippen molar-refractivity contribution in [1.29, 1.82) is 0 Å². The number of fused-ring (bicyclic) bond motifs is 8. The predicted molar refractivity (Wildman–Crippen MR) is 368 cm³/mol. The van der Waals surface area contributed by atoms with E-state index >= 15 is 0 Å². The standard InChI is InChI=1S/C84H64N2/c1-83(2)75-53-59(45-49-71(75)73-51-47-65(55-77(73)83)85(81-35-19-27-63-25-11-13-29-69(63)81)79-33-17-15-31-67(79)61-21-7-5-8-22-61)43-41-57-37-39-58(40-38-57)42-44-60-46-50-72-74-52-48-66(56-78(74)84(3,4)76(72)54-60)86(82-36-20-28-64-26-12-14-30-70(64)82)80-34-18-16-32-68(80)62-23-9-6-10-24-62/h5-56H,1-4H3/b43-41+,44-42+. The second-order valence-corrected chi connectivity index (χ2v) is 24.1. The van der Waals surface area contributed by atoms with E-state index in [4.69, 9.17) is 0 Å². The molecule has 0 unspecified atom stereocenters. The molecule has 0 heterocycles. The highest BCUT2D eigenvalue weighted by Gasteiger charge is 2.38. The van der Waals surface area contributed by atoms with Gasteiger partial charge in [0, 0.05) is 44.1 Å². The molecule has 410 valence electrons. The highest BCUT2D eigenvalue weighted by molar-refractivity contribution is 6.03. The van der Waals surface area contributed by atoms with Gasteiger partial charge in [0.15, 0.2) is 0 Å². The highest BCUT2D eigenvalue weighted by Crippen LogP contribution is 2.54. The van der Waals surface area contributed by atoms with E-state index in [-0.39, 0.29) is 10.8 Å². The fourth-order valence-electron chi connectivity index (χ4n) is 13.8. The van der Waals surface area contributed by atoms with Crippen molar-refractivity contribution in [3.05, 3.63) is 336 Å². The summed E-state index contributed by atoms with van der Waals surface area (Å²) >= 11 is 0. The summed E-state index contributed by atoms with van der Waals surface area (Å²) in [5.74, 6) is 0. The van der Waals surface area contributed by atoms with Gasteiger partial charge in [-0.15, -0.1) is 0 Å². The lowest BCUT2D eigenvalue weighted by Gasteiger charge is -2.30. The Morgan fingerprint density at radius 1 is 0.244 bits per heavy atom. The van der Waals surface area contributed by atoms with Gasteiger partial charge in [-0.1, -0.05) is 295 Å². The second-order valence-electron chi connectivity index (χ2n) is 24.1. The molecule has 2 aliphatic carbocycles. The topological polar surface area (TPSA) is 6.48 Å². The van der Waals surface area contributed by atoms with Crippen LogP contribution in [0.5, 0.6) is 0 Å². The predicted octanol–water partition coefficient (Wildman–Crippen LogP) is 23.2. The van der Waals surface area contributed by atoms with Gasteiger partial charge in [-0.2, -0.15) is 0 Å². The fourth-order valence-corrected chi connectivity index (χ4v) is 13.8. The Labute approximate surface area is 505 Å². The molecule has 0 spiro atoms. The largest absolute Gasteiger partial charge is 0.309 e. The van der Waals surface area contributed by atoms with Crippen LogP contribution in [-0.2, 0) is 10.8 Å². The summed E-state index contributed by atoms with van der Waals surface area (Å²) in [5, 5.41) is 4.87. The average molecular weight is 1100 g/mol. The van der Waals surface area contributed by atoms with Gasteiger partial charge in [0.25, 0.3) is 0 Å². The van der Waals surface area contributed by atoms with Crippen molar-refractivity contribution in [2.75, 3.05) is 9.80 Å². The van der Waals surface area contributed by atoms with Crippen LogP contribution in [0.15, 0.2) is 291 Å². The van der Waals surface area contributed by atoms with Crippen molar-refractivity contribution in [2.45, 2.75) is 38.5 Å². The molecule has 0 amide bonds.